The van der Waals surface area contributed by atoms with Gasteiger partial charge in [0.25, 0.3) is 5.91 Å². The van der Waals surface area contributed by atoms with Crippen LogP contribution in [0, 0.1) is 0 Å². The van der Waals surface area contributed by atoms with Crippen LogP contribution in [-0.2, 0) is 9.53 Å². The van der Waals surface area contributed by atoms with Crippen LogP contribution in [0.3, 0.4) is 0 Å². The lowest BCUT2D eigenvalue weighted by atomic mass is 10.2. The lowest BCUT2D eigenvalue weighted by Crippen LogP contribution is -2.39. The lowest BCUT2D eigenvalue weighted by Gasteiger charge is -2.13. The topological polar surface area (TPSA) is 77.5 Å². The molecule has 0 spiro atoms. The molecule has 0 aliphatic rings. The van der Waals surface area contributed by atoms with Gasteiger partial charge in [-0.15, -0.1) is 0 Å². The van der Waals surface area contributed by atoms with Crippen molar-refractivity contribution in [3.8, 4) is 5.75 Å². The monoisotopic (exact) mass is 252 g/mol. The van der Waals surface area contributed by atoms with E-state index in [0.717, 1.165) is 0 Å². The van der Waals surface area contributed by atoms with E-state index in [1.54, 1.807) is 13.8 Å². The van der Waals surface area contributed by atoms with Gasteiger partial charge in [0.15, 0.2) is 0 Å². The first-order chi connectivity index (χ1) is 8.60. The first-order valence-electron chi connectivity index (χ1n) is 5.55. The Bertz CT molecular complexity index is 434. The van der Waals surface area contributed by atoms with E-state index in [9.17, 15) is 9.59 Å². The van der Waals surface area contributed by atoms with E-state index in [4.69, 9.17) is 9.47 Å². The Morgan fingerprint density at radius 2 is 2.22 bits per heavy atom. The summed E-state index contributed by atoms with van der Waals surface area (Å²) in [6, 6.07) is 0.807. The fourth-order valence-corrected chi connectivity index (χ4v) is 1.33. The Labute approximate surface area is 105 Å². The Kier molecular flexibility index (Phi) is 5.10. The summed E-state index contributed by atoms with van der Waals surface area (Å²) in [6.45, 7) is 3.54. The molecular formula is C12H16N2O4. The van der Waals surface area contributed by atoms with Crippen molar-refractivity contribution in [1.82, 2.24) is 10.3 Å². The minimum Gasteiger partial charge on any atom is -0.494 e. The van der Waals surface area contributed by atoms with E-state index in [2.05, 4.69) is 10.3 Å². The molecule has 0 aliphatic carbocycles. The molecule has 0 bridgehead atoms. The van der Waals surface area contributed by atoms with Gasteiger partial charge in [-0.3, -0.25) is 9.78 Å². The second-order valence-corrected chi connectivity index (χ2v) is 3.52. The SMILES string of the molecule is CCOC(=O)C(C)NC(=O)c1ccncc1OC. The maximum atomic E-state index is 11.9. The summed E-state index contributed by atoms with van der Waals surface area (Å²) in [5, 5.41) is 2.53. The Balaban J connectivity index is 2.73. The van der Waals surface area contributed by atoms with Crippen LogP contribution in [0.5, 0.6) is 5.75 Å². The van der Waals surface area contributed by atoms with Gasteiger partial charge < -0.3 is 14.8 Å². The minimum atomic E-state index is -0.713. The third-order valence-electron chi connectivity index (χ3n) is 2.24. The second kappa shape index (κ2) is 6.58. The Morgan fingerprint density at radius 1 is 1.50 bits per heavy atom. The number of carbonyl (C=O) groups is 2. The van der Waals surface area contributed by atoms with Gasteiger partial charge in [0.05, 0.1) is 25.5 Å². The average Bonchev–Trinajstić information content (AvgIpc) is 2.38. The number of methoxy groups -OCH3 is 1. The van der Waals surface area contributed by atoms with Gasteiger partial charge in [-0.2, -0.15) is 0 Å². The molecule has 0 saturated carbocycles. The summed E-state index contributed by atoms with van der Waals surface area (Å²) in [5.41, 5.74) is 0.323. The van der Waals surface area contributed by atoms with Crippen molar-refractivity contribution < 1.29 is 19.1 Å². The van der Waals surface area contributed by atoms with Crippen molar-refractivity contribution in [3.63, 3.8) is 0 Å². The minimum absolute atomic E-state index is 0.275. The molecule has 0 aliphatic heterocycles. The van der Waals surface area contributed by atoms with E-state index in [0.29, 0.717) is 11.3 Å². The highest BCUT2D eigenvalue weighted by molar-refractivity contribution is 5.98. The highest BCUT2D eigenvalue weighted by atomic mass is 16.5. The van der Waals surface area contributed by atoms with Crippen LogP contribution < -0.4 is 10.1 Å². The third-order valence-corrected chi connectivity index (χ3v) is 2.24. The average molecular weight is 252 g/mol. The molecular weight excluding hydrogens is 236 g/mol. The summed E-state index contributed by atoms with van der Waals surface area (Å²) < 4.78 is 9.82. The van der Waals surface area contributed by atoms with E-state index in [1.807, 2.05) is 0 Å². The lowest BCUT2D eigenvalue weighted by molar-refractivity contribution is -0.144. The maximum absolute atomic E-state index is 11.9. The predicted molar refractivity (Wildman–Crippen MR) is 64.4 cm³/mol. The van der Waals surface area contributed by atoms with Crippen LogP contribution in [0.25, 0.3) is 0 Å². The number of hydrogen-bond acceptors (Lipinski definition) is 5. The largest absolute Gasteiger partial charge is 0.494 e. The van der Waals surface area contributed by atoms with Crippen molar-refractivity contribution in [2.45, 2.75) is 19.9 Å². The molecule has 1 aromatic heterocycles. The van der Waals surface area contributed by atoms with Crippen molar-refractivity contribution in [1.29, 1.82) is 0 Å². The van der Waals surface area contributed by atoms with Crippen molar-refractivity contribution in [2.75, 3.05) is 13.7 Å². The van der Waals surface area contributed by atoms with Crippen molar-refractivity contribution in [2.24, 2.45) is 0 Å². The van der Waals surface area contributed by atoms with Gasteiger partial charge in [0, 0.05) is 6.20 Å². The molecule has 98 valence electrons. The number of carbonyl (C=O) groups excluding carboxylic acids is 2. The summed E-state index contributed by atoms with van der Waals surface area (Å²) in [7, 11) is 1.45. The number of ether oxygens (including phenoxy) is 2. The van der Waals surface area contributed by atoms with Crippen LogP contribution >= 0.6 is 0 Å². The van der Waals surface area contributed by atoms with Gasteiger partial charge in [0.2, 0.25) is 0 Å². The molecule has 18 heavy (non-hydrogen) atoms. The van der Waals surface area contributed by atoms with E-state index in [-0.39, 0.29) is 6.61 Å². The predicted octanol–water partition coefficient (Wildman–Crippen LogP) is 0.772. The van der Waals surface area contributed by atoms with E-state index >= 15 is 0 Å². The molecule has 6 heteroatoms. The summed E-state index contributed by atoms with van der Waals surface area (Å²) >= 11 is 0. The Hall–Kier alpha value is -2.11. The molecule has 0 radical (unpaired) electrons. The first kappa shape index (κ1) is 14.0. The quantitative estimate of drug-likeness (QED) is 0.783. The number of amides is 1. The number of nitrogens with one attached hydrogen (secondary N) is 1. The van der Waals surface area contributed by atoms with Crippen molar-refractivity contribution in [3.05, 3.63) is 24.0 Å². The van der Waals surface area contributed by atoms with Gasteiger partial charge in [-0.1, -0.05) is 0 Å². The fourth-order valence-electron chi connectivity index (χ4n) is 1.33. The zero-order chi connectivity index (χ0) is 13.5. The number of pyridine rings is 1. The zero-order valence-corrected chi connectivity index (χ0v) is 10.6. The second-order valence-electron chi connectivity index (χ2n) is 3.52. The smallest absolute Gasteiger partial charge is 0.328 e. The van der Waals surface area contributed by atoms with Gasteiger partial charge in [-0.25, -0.2) is 4.79 Å². The molecule has 0 aromatic carbocycles. The summed E-state index contributed by atoms with van der Waals surface area (Å²) in [5.74, 6) is -0.528. The third kappa shape index (κ3) is 3.44. The van der Waals surface area contributed by atoms with E-state index in [1.165, 1.54) is 25.6 Å². The number of nitrogens with zero attached hydrogens (tertiary/aromatic N) is 1. The first-order valence-corrected chi connectivity index (χ1v) is 5.55. The number of esters is 1. The van der Waals surface area contributed by atoms with Gasteiger partial charge in [-0.05, 0) is 19.9 Å². The maximum Gasteiger partial charge on any atom is 0.328 e. The number of rotatable bonds is 5. The molecule has 1 atom stereocenters. The molecule has 1 aromatic rings. The highest BCUT2D eigenvalue weighted by Crippen LogP contribution is 2.15. The number of hydrogen-bond donors (Lipinski definition) is 1. The summed E-state index contributed by atoms with van der Waals surface area (Å²) in [4.78, 5) is 27.1. The molecule has 0 saturated heterocycles. The fraction of sp³-hybridized carbons (Fsp3) is 0.417. The van der Waals surface area contributed by atoms with Crippen LogP contribution in [0.15, 0.2) is 18.5 Å². The van der Waals surface area contributed by atoms with Crippen molar-refractivity contribution >= 4 is 11.9 Å². The van der Waals surface area contributed by atoms with Gasteiger partial charge in [0.1, 0.15) is 11.8 Å². The van der Waals surface area contributed by atoms with Crippen LogP contribution in [0.4, 0.5) is 0 Å². The number of aromatic nitrogens is 1. The van der Waals surface area contributed by atoms with Crippen LogP contribution in [-0.4, -0.2) is 36.6 Å². The normalized spacial score (nSPS) is 11.5. The molecule has 1 unspecified atom stereocenters. The molecule has 1 amide bonds. The molecule has 1 N–H and O–H groups in total. The molecule has 6 nitrogen and oxygen atoms in total. The Morgan fingerprint density at radius 3 is 2.83 bits per heavy atom. The van der Waals surface area contributed by atoms with Gasteiger partial charge >= 0.3 is 5.97 Å². The van der Waals surface area contributed by atoms with E-state index < -0.39 is 17.9 Å². The zero-order valence-electron chi connectivity index (χ0n) is 10.6. The standard InChI is InChI=1S/C12H16N2O4/c1-4-18-12(16)8(2)14-11(15)9-5-6-13-7-10(9)17-3/h5-8H,4H2,1-3H3,(H,14,15). The highest BCUT2D eigenvalue weighted by Gasteiger charge is 2.19. The van der Waals surface area contributed by atoms with Crippen LogP contribution in [0.2, 0.25) is 0 Å². The molecule has 1 rings (SSSR count). The molecule has 1 heterocycles. The molecule has 0 fully saturated rings. The van der Waals surface area contributed by atoms with Crippen LogP contribution in [0.1, 0.15) is 24.2 Å². The summed E-state index contributed by atoms with van der Waals surface area (Å²) in [6.07, 6.45) is 2.91.